The molecule has 1 aromatic rings. The van der Waals surface area contributed by atoms with Crippen molar-refractivity contribution in [3.63, 3.8) is 0 Å². The molecule has 10 atom stereocenters. The summed E-state index contributed by atoms with van der Waals surface area (Å²) in [5.41, 5.74) is 1.19. The second kappa shape index (κ2) is 13.6. The number of ether oxygens (including phenoxy) is 1. The van der Waals surface area contributed by atoms with Crippen molar-refractivity contribution < 1.29 is 24.2 Å². The van der Waals surface area contributed by atoms with Gasteiger partial charge in [0.2, 0.25) is 5.91 Å². The maximum Gasteiger partial charge on any atom is 0.306 e. The summed E-state index contributed by atoms with van der Waals surface area (Å²) < 4.78 is 6.27. The van der Waals surface area contributed by atoms with Crippen molar-refractivity contribution >= 4 is 41.0 Å². The van der Waals surface area contributed by atoms with Gasteiger partial charge in [-0.3, -0.25) is 14.4 Å². The second-order valence-electron chi connectivity index (χ2n) is 20.0. The Hall–Kier alpha value is -2.05. The third-order valence-electron chi connectivity index (χ3n) is 16.4. The van der Waals surface area contributed by atoms with E-state index in [2.05, 4.69) is 53.4 Å². The summed E-state index contributed by atoms with van der Waals surface area (Å²) in [5, 5.41) is 13.9. The Balaban J connectivity index is 1.24. The molecule has 52 heavy (non-hydrogen) atoms. The zero-order valence-corrected chi connectivity index (χ0v) is 34.4. The van der Waals surface area contributed by atoms with Crippen molar-refractivity contribution in [3.8, 4) is 0 Å². The molecule has 5 aliphatic rings. The highest BCUT2D eigenvalue weighted by Gasteiger charge is 2.72. The zero-order chi connectivity index (χ0) is 38.2. The number of amides is 1. The predicted molar refractivity (Wildman–Crippen MR) is 208 cm³/mol. The monoisotopic (exact) mass is 755 g/mol. The number of aliphatic carboxylic acids is 1. The first-order valence-electron chi connectivity index (χ1n) is 19.9. The normalized spacial score (nSPS) is 39.3. The molecule has 0 saturated heterocycles. The lowest BCUT2D eigenvalue weighted by atomic mass is 9.32. The largest absolute Gasteiger partial charge is 0.481 e. The number of carboxylic acid groups (broad SMARTS) is 1. The first-order valence-corrected chi connectivity index (χ1v) is 20.7. The van der Waals surface area contributed by atoms with Crippen LogP contribution >= 0.6 is 23.2 Å². The molecule has 288 valence electrons. The summed E-state index contributed by atoms with van der Waals surface area (Å²) in [6.07, 6.45) is 10.1. The maximum atomic E-state index is 14.5. The molecular weight excluding hydrogens is 693 g/mol. The molecule has 3 unspecified atom stereocenters. The summed E-state index contributed by atoms with van der Waals surface area (Å²) in [5.74, 6) is 1.01. The first kappa shape index (κ1) is 39.6. The van der Waals surface area contributed by atoms with Crippen LogP contribution in [0.1, 0.15) is 138 Å². The fraction of sp³-hybridized carbons (Fsp3) is 0.750. The van der Waals surface area contributed by atoms with Gasteiger partial charge < -0.3 is 15.2 Å². The number of benzene rings is 1. The van der Waals surface area contributed by atoms with E-state index in [1.165, 1.54) is 5.57 Å². The Morgan fingerprint density at radius 1 is 0.904 bits per heavy atom. The summed E-state index contributed by atoms with van der Waals surface area (Å²) in [7, 11) is 0. The number of allylic oxidation sites excluding steroid dienone is 1. The Kier molecular flexibility index (Phi) is 10.4. The highest BCUT2D eigenvalue weighted by Crippen LogP contribution is 2.77. The van der Waals surface area contributed by atoms with Crippen LogP contribution in [-0.4, -0.2) is 29.1 Å². The van der Waals surface area contributed by atoms with Crippen molar-refractivity contribution in [1.29, 1.82) is 0 Å². The molecule has 0 radical (unpaired) electrons. The van der Waals surface area contributed by atoms with Crippen LogP contribution in [-0.2, 0) is 25.7 Å². The smallest absolute Gasteiger partial charge is 0.306 e. The minimum absolute atomic E-state index is 0.0606. The Labute approximate surface area is 322 Å². The molecule has 5 aliphatic carbocycles. The van der Waals surface area contributed by atoms with Gasteiger partial charge in [-0.25, -0.2) is 0 Å². The Morgan fingerprint density at radius 2 is 1.62 bits per heavy atom. The molecule has 1 amide bonds. The van der Waals surface area contributed by atoms with E-state index in [9.17, 15) is 19.5 Å². The molecule has 0 spiro atoms. The van der Waals surface area contributed by atoms with Gasteiger partial charge in [0.1, 0.15) is 6.10 Å². The van der Waals surface area contributed by atoms with Crippen LogP contribution in [0.15, 0.2) is 30.4 Å². The van der Waals surface area contributed by atoms with Gasteiger partial charge in [0.15, 0.2) is 0 Å². The lowest BCUT2D eigenvalue weighted by Crippen LogP contribution is -2.67. The number of esters is 1. The Morgan fingerprint density at radius 3 is 2.27 bits per heavy atom. The lowest BCUT2D eigenvalue weighted by Gasteiger charge is -2.72. The van der Waals surface area contributed by atoms with E-state index in [0.29, 0.717) is 40.3 Å². The minimum Gasteiger partial charge on any atom is -0.481 e. The maximum absolute atomic E-state index is 14.5. The van der Waals surface area contributed by atoms with Crippen LogP contribution in [0, 0.1) is 62.1 Å². The molecule has 0 aromatic heterocycles. The van der Waals surface area contributed by atoms with Gasteiger partial charge in [-0.05, 0) is 140 Å². The third kappa shape index (κ3) is 6.36. The first-order chi connectivity index (χ1) is 24.1. The average Bonchev–Trinajstić information content (AvgIpc) is 3.43. The number of rotatable bonds is 9. The molecule has 2 N–H and O–H groups in total. The van der Waals surface area contributed by atoms with E-state index >= 15 is 0 Å². The fourth-order valence-electron chi connectivity index (χ4n) is 13.8. The number of carboxylic acids is 1. The van der Waals surface area contributed by atoms with Crippen molar-refractivity contribution in [1.82, 2.24) is 5.32 Å². The van der Waals surface area contributed by atoms with Crippen LogP contribution in [0.25, 0.3) is 0 Å². The van der Waals surface area contributed by atoms with E-state index in [1.54, 1.807) is 6.07 Å². The topological polar surface area (TPSA) is 92.7 Å². The van der Waals surface area contributed by atoms with Crippen LogP contribution in [0.2, 0.25) is 10.0 Å². The minimum atomic E-state index is -0.894. The van der Waals surface area contributed by atoms with Crippen LogP contribution in [0.3, 0.4) is 0 Å². The molecule has 0 heterocycles. The number of nitrogens with one attached hydrogen (secondary N) is 1. The molecular formula is C44H63Cl2NO5. The van der Waals surface area contributed by atoms with Gasteiger partial charge in [-0.2, -0.15) is 0 Å². The summed E-state index contributed by atoms with van der Waals surface area (Å²) in [6, 6.07) is 5.48. The number of hydrogen-bond acceptors (Lipinski definition) is 4. The zero-order valence-electron chi connectivity index (χ0n) is 32.9. The molecule has 6 nitrogen and oxygen atoms in total. The van der Waals surface area contributed by atoms with Crippen molar-refractivity contribution in [2.24, 2.45) is 62.1 Å². The standard InChI is InChI=1S/C44H63Cl2NO5/c1-26(2)29-14-19-44(38(51)47-25-27-10-11-28(45)22-31(27)46)21-20-42(8)30(37(29)44)12-13-33-41(7)17-16-34(40(5,6)32(41)15-18-43(33,42)9)52-36(50)24-39(3,4)23-35(48)49/h10-11,22,29-30,32-34,37H,1,12-21,23-25H2,2-9H3,(H,47,51)(H,48,49)/t29-,30+,32?,33?,34-,37?,41-,42+,43+,44-/m0/s1. The SMILES string of the molecule is C=C(C)[C@@H]1CC[C@]2(C(=O)NCc3ccc(Cl)cc3Cl)CC[C@]3(C)[C@H](CCC4[C@@]5(C)CC[C@H](OC(=O)CC(C)(C)CC(=O)O)C(C)(C)C5CC[C@]43C)C12. The van der Waals surface area contributed by atoms with Crippen LogP contribution < -0.4 is 5.32 Å². The van der Waals surface area contributed by atoms with E-state index in [4.69, 9.17) is 27.9 Å². The van der Waals surface area contributed by atoms with Crippen molar-refractivity contribution in [2.75, 3.05) is 0 Å². The molecule has 8 heteroatoms. The summed E-state index contributed by atoms with van der Waals surface area (Å²) in [6.45, 7) is 23.1. The second-order valence-corrected chi connectivity index (χ2v) is 20.9. The van der Waals surface area contributed by atoms with Gasteiger partial charge in [-0.15, -0.1) is 0 Å². The predicted octanol–water partition coefficient (Wildman–Crippen LogP) is 11.1. The number of hydrogen-bond donors (Lipinski definition) is 2. The number of fused-ring (bicyclic) bond motifs is 7. The average molecular weight is 757 g/mol. The van der Waals surface area contributed by atoms with Gasteiger partial charge in [0, 0.05) is 22.0 Å². The van der Waals surface area contributed by atoms with Crippen molar-refractivity contribution in [3.05, 3.63) is 46.0 Å². The Bertz CT molecular complexity index is 1620. The third-order valence-corrected chi connectivity index (χ3v) is 17.0. The highest BCUT2D eigenvalue weighted by molar-refractivity contribution is 6.35. The highest BCUT2D eigenvalue weighted by atomic mass is 35.5. The molecule has 5 fully saturated rings. The van der Waals surface area contributed by atoms with E-state index in [0.717, 1.165) is 69.8 Å². The molecule has 1 aromatic carbocycles. The van der Waals surface area contributed by atoms with Crippen LogP contribution in [0.5, 0.6) is 0 Å². The van der Waals surface area contributed by atoms with Gasteiger partial charge in [0.05, 0.1) is 18.3 Å². The van der Waals surface area contributed by atoms with Gasteiger partial charge in [-0.1, -0.05) is 89.9 Å². The molecule has 6 rings (SSSR count). The van der Waals surface area contributed by atoms with Crippen LogP contribution in [0.4, 0.5) is 0 Å². The molecule has 5 saturated carbocycles. The lowest BCUT2D eigenvalue weighted by molar-refractivity contribution is -0.249. The summed E-state index contributed by atoms with van der Waals surface area (Å²) in [4.78, 5) is 39.2. The molecule has 0 aliphatic heterocycles. The number of carbonyl (C=O) groups is 3. The quantitative estimate of drug-likeness (QED) is 0.193. The number of halogens is 2. The van der Waals surface area contributed by atoms with E-state index in [-0.39, 0.29) is 58.4 Å². The van der Waals surface area contributed by atoms with E-state index < -0.39 is 16.8 Å². The van der Waals surface area contributed by atoms with E-state index in [1.807, 2.05) is 26.0 Å². The summed E-state index contributed by atoms with van der Waals surface area (Å²) >= 11 is 12.7. The fourth-order valence-corrected chi connectivity index (χ4v) is 14.3. The van der Waals surface area contributed by atoms with Gasteiger partial charge >= 0.3 is 11.9 Å². The number of carbonyl (C=O) groups excluding carboxylic acids is 2. The molecule has 0 bridgehead atoms. The van der Waals surface area contributed by atoms with Crippen molar-refractivity contribution in [2.45, 2.75) is 145 Å². The van der Waals surface area contributed by atoms with Gasteiger partial charge in [0.25, 0.3) is 0 Å².